The molecule has 0 aromatic carbocycles. The first-order valence-electron chi connectivity index (χ1n) is 6.12. The molecule has 1 heterocycles. The lowest BCUT2D eigenvalue weighted by atomic mass is 10.3. The molecule has 21 heavy (non-hydrogen) atoms. The molecule has 0 aliphatic carbocycles. The van der Waals surface area contributed by atoms with Crippen LogP contribution in [0.15, 0.2) is 31.0 Å². The summed E-state index contributed by atoms with van der Waals surface area (Å²) in [4.78, 5) is 15.3. The third kappa shape index (κ3) is 6.64. The zero-order valence-corrected chi connectivity index (χ0v) is 11.4. The summed E-state index contributed by atoms with van der Waals surface area (Å²) < 4.78 is 40.4. The number of anilines is 1. The van der Waals surface area contributed by atoms with Crippen molar-refractivity contribution < 1.29 is 22.7 Å². The van der Waals surface area contributed by atoms with Crippen molar-refractivity contribution in [2.24, 2.45) is 0 Å². The first-order chi connectivity index (χ1) is 9.81. The Kier molecular flexibility index (Phi) is 6.01. The summed E-state index contributed by atoms with van der Waals surface area (Å²) in [7, 11) is 0. The normalized spacial score (nSPS) is 12.4. The number of hydrogen-bond donors (Lipinski definition) is 2. The molecule has 1 rings (SSSR count). The molecule has 8 heteroatoms. The van der Waals surface area contributed by atoms with Crippen LogP contribution in [-0.4, -0.2) is 36.3 Å². The van der Waals surface area contributed by atoms with Gasteiger partial charge in [-0.2, -0.15) is 13.2 Å². The van der Waals surface area contributed by atoms with Gasteiger partial charge < -0.3 is 15.4 Å². The molecule has 1 aromatic rings. The second-order valence-corrected chi connectivity index (χ2v) is 4.19. The molecule has 0 saturated carbocycles. The molecule has 116 valence electrons. The average Bonchev–Trinajstić information content (AvgIpc) is 2.43. The van der Waals surface area contributed by atoms with E-state index < -0.39 is 18.8 Å². The van der Waals surface area contributed by atoms with Crippen LogP contribution in [0.1, 0.15) is 6.92 Å². The Morgan fingerprint density at radius 3 is 2.76 bits per heavy atom. The van der Waals surface area contributed by atoms with Gasteiger partial charge in [0.1, 0.15) is 6.04 Å². The standard InChI is InChI=1S/C13H16F3N3O2/c1-3-6-17-12(20)9(2)19-10-4-5-11(18-7-10)21-8-13(14,15)16/h3-5,7,9,19H,1,6,8H2,2H3,(H,17,20)/t9-/m1/s1. The van der Waals surface area contributed by atoms with E-state index in [1.165, 1.54) is 18.3 Å². The Balaban J connectivity index is 2.50. The maximum absolute atomic E-state index is 12.0. The van der Waals surface area contributed by atoms with Gasteiger partial charge in [0, 0.05) is 12.6 Å². The summed E-state index contributed by atoms with van der Waals surface area (Å²) in [5.41, 5.74) is 0.496. The van der Waals surface area contributed by atoms with Crippen LogP contribution >= 0.6 is 0 Å². The molecule has 2 N–H and O–H groups in total. The molecule has 1 atom stereocenters. The van der Waals surface area contributed by atoms with Gasteiger partial charge in [0.2, 0.25) is 11.8 Å². The zero-order valence-electron chi connectivity index (χ0n) is 11.4. The number of alkyl halides is 3. The number of nitrogens with zero attached hydrogens (tertiary/aromatic N) is 1. The number of pyridine rings is 1. The second-order valence-electron chi connectivity index (χ2n) is 4.19. The minimum atomic E-state index is -4.41. The number of aromatic nitrogens is 1. The average molecular weight is 303 g/mol. The van der Waals surface area contributed by atoms with Crippen LogP contribution in [0.5, 0.6) is 5.88 Å². The number of amides is 1. The molecule has 0 aliphatic heterocycles. The maximum atomic E-state index is 12.0. The Morgan fingerprint density at radius 2 is 2.24 bits per heavy atom. The van der Waals surface area contributed by atoms with Gasteiger partial charge in [0.05, 0.1) is 11.9 Å². The first kappa shape index (κ1) is 16.8. The van der Waals surface area contributed by atoms with Gasteiger partial charge in [-0.15, -0.1) is 6.58 Å². The minimum absolute atomic E-state index is 0.137. The molecule has 0 unspecified atom stereocenters. The highest BCUT2D eigenvalue weighted by molar-refractivity contribution is 5.84. The Morgan fingerprint density at radius 1 is 1.52 bits per heavy atom. The molecule has 0 aliphatic rings. The fraction of sp³-hybridized carbons (Fsp3) is 0.385. The predicted octanol–water partition coefficient (Wildman–Crippen LogP) is 2.13. The topological polar surface area (TPSA) is 63.2 Å². The summed E-state index contributed by atoms with van der Waals surface area (Å²) in [6, 6.07) is 2.26. The molecule has 0 bridgehead atoms. The van der Waals surface area contributed by atoms with Gasteiger partial charge in [-0.25, -0.2) is 4.98 Å². The molecule has 0 radical (unpaired) electrons. The van der Waals surface area contributed by atoms with Gasteiger partial charge in [-0.3, -0.25) is 4.79 Å². The van der Waals surface area contributed by atoms with Crippen molar-refractivity contribution in [3.63, 3.8) is 0 Å². The molecule has 0 saturated heterocycles. The fourth-order valence-electron chi connectivity index (χ4n) is 1.35. The highest BCUT2D eigenvalue weighted by Gasteiger charge is 2.28. The molecular formula is C13H16F3N3O2. The van der Waals surface area contributed by atoms with Gasteiger partial charge in [-0.1, -0.05) is 6.08 Å². The van der Waals surface area contributed by atoms with Gasteiger partial charge in [0.15, 0.2) is 6.61 Å². The number of rotatable bonds is 7. The lowest BCUT2D eigenvalue weighted by Gasteiger charge is -2.14. The Bertz CT molecular complexity index is 475. The van der Waals surface area contributed by atoms with Crippen LogP contribution < -0.4 is 15.4 Å². The highest BCUT2D eigenvalue weighted by atomic mass is 19.4. The van der Waals surface area contributed by atoms with Crippen molar-refractivity contribution in [3.05, 3.63) is 31.0 Å². The number of ether oxygens (including phenoxy) is 1. The Hall–Kier alpha value is -2.25. The maximum Gasteiger partial charge on any atom is 0.422 e. The van der Waals surface area contributed by atoms with E-state index in [0.717, 1.165) is 0 Å². The summed E-state index contributed by atoms with van der Waals surface area (Å²) in [6.07, 6.45) is -1.56. The lowest BCUT2D eigenvalue weighted by molar-refractivity contribution is -0.154. The SMILES string of the molecule is C=CCNC(=O)[C@@H](C)Nc1ccc(OCC(F)(F)F)nc1. The van der Waals surface area contributed by atoms with E-state index in [1.54, 1.807) is 13.0 Å². The largest absolute Gasteiger partial charge is 0.468 e. The van der Waals surface area contributed by atoms with Crippen LogP contribution in [0.4, 0.5) is 18.9 Å². The van der Waals surface area contributed by atoms with Crippen molar-refractivity contribution in [1.82, 2.24) is 10.3 Å². The van der Waals surface area contributed by atoms with E-state index in [-0.39, 0.29) is 11.8 Å². The van der Waals surface area contributed by atoms with E-state index in [2.05, 4.69) is 26.9 Å². The molecule has 1 amide bonds. The van der Waals surface area contributed by atoms with Crippen molar-refractivity contribution in [1.29, 1.82) is 0 Å². The summed E-state index contributed by atoms with van der Waals surface area (Å²) >= 11 is 0. The molecule has 0 spiro atoms. The zero-order chi connectivity index (χ0) is 15.9. The summed E-state index contributed by atoms with van der Waals surface area (Å²) in [5, 5.41) is 5.47. The van der Waals surface area contributed by atoms with Crippen LogP contribution in [0, 0.1) is 0 Å². The summed E-state index contributed by atoms with van der Waals surface area (Å²) in [5.74, 6) is -0.367. The van der Waals surface area contributed by atoms with Crippen molar-refractivity contribution >= 4 is 11.6 Å². The fourth-order valence-corrected chi connectivity index (χ4v) is 1.35. The van der Waals surface area contributed by atoms with Gasteiger partial charge in [0.25, 0.3) is 0 Å². The molecular weight excluding hydrogens is 287 g/mol. The Labute approximate surface area is 120 Å². The first-order valence-corrected chi connectivity index (χ1v) is 6.12. The van der Waals surface area contributed by atoms with E-state index in [1.807, 2.05) is 0 Å². The van der Waals surface area contributed by atoms with E-state index in [9.17, 15) is 18.0 Å². The van der Waals surface area contributed by atoms with Crippen LogP contribution in [0.25, 0.3) is 0 Å². The highest BCUT2D eigenvalue weighted by Crippen LogP contribution is 2.18. The third-order valence-electron chi connectivity index (χ3n) is 2.32. The molecule has 1 aromatic heterocycles. The van der Waals surface area contributed by atoms with Crippen LogP contribution in [0.2, 0.25) is 0 Å². The lowest BCUT2D eigenvalue weighted by Crippen LogP contribution is -2.37. The van der Waals surface area contributed by atoms with Crippen LogP contribution in [-0.2, 0) is 4.79 Å². The van der Waals surface area contributed by atoms with Crippen molar-refractivity contribution in [2.75, 3.05) is 18.5 Å². The van der Waals surface area contributed by atoms with Crippen molar-refractivity contribution in [2.45, 2.75) is 19.1 Å². The number of halogens is 3. The molecule has 0 fully saturated rings. The van der Waals surface area contributed by atoms with E-state index in [0.29, 0.717) is 12.2 Å². The van der Waals surface area contributed by atoms with Crippen LogP contribution in [0.3, 0.4) is 0 Å². The summed E-state index contributed by atoms with van der Waals surface area (Å²) in [6.45, 7) is 4.09. The molecule has 5 nitrogen and oxygen atoms in total. The minimum Gasteiger partial charge on any atom is -0.468 e. The van der Waals surface area contributed by atoms with Crippen molar-refractivity contribution in [3.8, 4) is 5.88 Å². The number of hydrogen-bond acceptors (Lipinski definition) is 4. The number of nitrogens with one attached hydrogen (secondary N) is 2. The number of carbonyl (C=O) groups is 1. The quantitative estimate of drug-likeness (QED) is 0.757. The predicted molar refractivity (Wildman–Crippen MR) is 72.1 cm³/mol. The number of carbonyl (C=O) groups excluding carboxylic acids is 1. The van der Waals surface area contributed by atoms with E-state index >= 15 is 0 Å². The van der Waals surface area contributed by atoms with Gasteiger partial charge in [-0.05, 0) is 13.0 Å². The van der Waals surface area contributed by atoms with E-state index in [4.69, 9.17) is 0 Å². The second kappa shape index (κ2) is 7.51. The smallest absolute Gasteiger partial charge is 0.422 e. The third-order valence-corrected chi connectivity index (χ3v) is 2.32. The monoisotopic (exact) mass is 303 g/mol. The van der Waals surface area contributed by atoms with Gasteiger partial charge >= 0.3 is 6.18 Å².